The second-order valence-electron chi connectivity index (χ2n) is 7.92. The van der Waals surface area contributed by atoms with Crippen molar-refractivity contribution < 1.29 is 14.3 Å². The van der Waals surface area contributed by atoms with Crippen LogP contribution in [-0.2, 0) is 22.4 Å². The third-order valence-electron chi connectivity index (χ3n) is 5.87. The molecule has 31 heavy (non-hydrogen) atoms. The number of amides is 3. The van der Waals surface area contributed by atoms with Crippen molar-refractivity contribution in [2.24, 2.45) is 0 Å². The second kappa shape index (κ2) is 9.80. The van der Waals surface area contributed by atoms with Gasteiger partial charge in [-0.1, -0.05) is 22.0 Å². The van der Waals surface area contributed by atoms with Gasteiger partial charge in [0.05, 0.1) is 6.10 Å². The molecule has 4 rings (SSSR count). The first-order valence-electron chi connectivity index (χ1n) is 10.5. The molecule has 2 aromatic rings. The van der Waals surface area contributed by atoms with Gasteiger partial charge in [0, 0.05) is 35.9 Å². The number of benzene rings is 2. The van der Waals surface area contributed by atoms with Crippen molar-refractivity contribution in [3.05, 3.63) is 58.1 Å². The number of fused-ring (bicyclic) bond motifs is 1. The molecule has 2 aromatic carbocycles. The third-order valence-corrected chi connectivity index (χ3v) is 6.40. The van der Waals surface area contributed by atoms with E-state index >= 15 is 0 Å². The highest BCUT2D eigenvalue weighted by atomic mass is 79.9. The molecule has 3 N–H and O–H groups in total. The summed E-state index contributed by atoms with van der Waals surface area (Å²) in [5.74, 6) is -0.197. The quantitative estimate of drug-likeness (QED) is 0.618. The van der Waals surface area contributed by atoms with Crippen LogP contribution >= 0.6 is 15.9 Å². The molecule has 0 bridgehead atoms. The van der Waals surface area contributed by atoms with Crippen LogP contribution in [0.15, 0.2) is 46.9 Å². The van der Waals surface area contributed by atoms with E-state index in [2.05, 4.69) is 44.0 Å². The van der Waals surface area contributed by atoms with Crippen LogP contribution in [0.1, 0.15) is 17.5 Å². The molecule has 2 heterocycles. The number of likely N-dealkylation sites (tertiary alicyclic amines) is 1. The molecule has 164 valence electrons. The molecule has 0 aliphatic carbocycles. The molecule has 7 nitrogen and oxygen atoms in total. The van der Waals surface area contributed by atoms with Crippen LogP contribution in [-0.4, -0.2) is 55.7 Å². The van der Waals surface area contributed by atoms with Crippen molar-refractivity contribution in [2.45, 2.75) is 31.4 Å². The minimum Gasteiger partial charge on any atom is -0.380 e. The number of rotatable bonds is 4. The molecule has 2 aliphatic heterocycles. The fourth-order valence-corrected chi connectivity index (χ4v) is 4.41. The fraction of sp³-hybridized carbons (Fsp3) is 0.391. The zero-order chi connectivity index (χ0) is 21.8. The zero-order valence-corrected chi connectivity index (χ0v) is 19.1. The van der Waals surface area contributed by atoms with Crippen LogP contribution in [0.25, 0.3) is 0 Å². The van der Waals surface area contributed by atoms with Gasteiger partial charge in [-0.3, -0.25) is 4.79 Å². The molecule has 0 spiro atoms. The summed E-state index contributed by atoms with van der Waals surface area (Å²) in [4.78, 5) is 27.6. The van der Waals surface area contributed by atoms with Crippen molar-refractivity contribution in [2.75, 3.05) is 37.4 Å². The summed E-state index contributed by atoms with van der Waals surface area (Å²) in [5.41, 5.74) is 4.01. The van der Waals surface area contributed by atoms with Crippen molar-refractivity contribution in [1.82, 2.24) is 10.2 Å². The predicted octanol–water partition coefficient (Wildman–Crippen LogP) is 3.40. The Labute approximate surface area is 190 Å². The van der Waals surface area contributed by atoms with Crippen LogP contribution < -0.4 is 16.0 Å². The van der Waals surface area contributed by atoms with Crippen molar-refractivity contribution in [3.8, 4) is 0 Å². The maximum absolute atomic E-state index is 13.1. The Morgan fingerprint density at radius 1 is 1.03 bits per heavy atom. The number of urea groups is 1. The topological polar surface area (TPSA) is 82.7 Å². The summed E-state index contributed by atoms with van der Waals surface area (Å²) in [6.45, 7) is 2.28. The Bertz CT molecular complexity index is 950. The lowest BCUT2D eigenvalue weighted by atomic mass is 10.0. The van der Waals surface area contributed by atoms with E-state index in [0.717, 1.165) is 36.1 Å². The highest BCUT2D eigenvalue weighted by Crippen LogP contribution is 2.25. The average Bonchev–Trinajstić information content (AvgIpc) is 3.08. The van der Waals surface area contributed by atoms with Gasteiger partial charge in [-0.05, 0) is 73.5 Å². The van der Waals surface area contributed by atoms with E-state index in [-0.39, 0.29) is 18.0 Å². The molecule has 1 saturated heterocycles. The number of hydrogen-bond donors (Lipinski definition) is 3. The van der Waals surface area contributed by atoms with E-state index in [9.17, 15) is 9.59 Å². The molecular formula is C23H27BrN4O3. The van der Waals surface area contributed by atoms with Gasteiger partial charge in [-0.2, -0.15) is 0 Å². The first kappa shape index (κ1) is 21.8. The number of nitrogens with zero attached hydrogens (tertiary/aromatic N) is 1. The van der Waals surface area contributed by atoms with E-state index in [1.165, 1.54) is 11.1 Å². The summed E-state index contributed by atoms with van der Waals surface area (Å²) in [6.07, 6.45) is 2.22. The Kier molecular flexibility index (Phi) is 6.89. The first-order valence-corrected chi connectivity index (χ1v) is 11.3. The lowest BCUT2D eigenvalue weighted by Gasteiger charge is -2.24. The zero-order valence-electron chi connectivity index (χ0n) is 17.5. The Hall–Kier alpha value is -2.42. The summed E-state index contributed by atoms with van der Waals surface area (Å²) in [5, 5.41) is 9.29. The minimum atomic E-state index is -0.596. The van der Waals surface area contributed by atoms with Crippen LogP contribution in [0.3, 0.4) is 0 Å². The summed E-state index contributed by atoms with van der Waals surface area (Å²) in [6, 6.07) is 12.5. The maximum atomic E-state index is 13.1. The van der Waals surface area contributed by atoms with Gasteiger partial charge in [0.1, 0.15) is 6.04 Å². The minimum absolute atomic E-state index is 0.176. The monoisotopic (exact) mass is 486 g/mol. The largest absolute Gasteiger partial charge is 0.380 e. The molecule has 0 saturated carbocycles. The Morgan fingerprint density at radius 3 is 2.48 bits per heavy atom. The van der Waals surface area contributed by atoms with Gasteiger partial charge in [-0.25, -0.2) is 4.79 Å². The van der Waals surface area contributed by atoms with Crippen LogP contribution in [0.4, 0.5) is 16.2 Å². The van der Waals surface area contributed by atoms with Gasteiger partial charge in [-0.15, -0.1) is 0 Å². The molecular weight excluding hydrogens is 460 g/mol. The molecule has 2 atom stereocenters. The SMILES string of the molecule is CO[C@@H]1C[C@H](C(=O)Nc2ccc3c(c2)CCNCC3)N(C(=O)Nc2ccc(Br)cc2)C1. The number of ether oxygens (including phenoxy) is 1. The second-order valence-corrected chi connectivity index (χ2v) is 8.84. The number of halogens is 1. The Morgan fingerprint density at radius 2 is 1.74 bits per heavy atom. The van der Waals surface area contributed by atoms with E-state index in [1.807, 2.05) is 30.3 Å². The molecule has 0 unspecified atom stereocenters. The number of hydrogen-bond acceptors (Lipinski definition) is 4. The summed E-state index contributed by atoms with van der Waals surface area (Å²) in [7, 11) is 1.61. The number of carbonyl (C=O) groups is 2. The number of carbonyl (C=O) groups excluding carboxylic acids is 2. The van der Waals surface area contributed by atoms with Gasteiger partial charge < -0.3 is 25.6 Å². The fourth-order valence-electron chi connectivity index (χ4n) is 4.15. The van der Waals surface area contributed by atoms with E-state index < -0.39 is 6.04 Å². The molecule has 1 fully saturated rings. The van der Waals surface area contributed by atoms with Gasteiger partial charge in [0.15, 0.2) is 0 Å². The number of nitrogens with one attached hydrogen (secondary N) is 3. The van der Waals surface area contributed by atoms with Crippen molar-refractivity contribution >= 4 is 39.2 Å². The van der Waals surface area contributed by atoms with Gasteiger partial charge >= 0.3 is 6.03 Å². The highest BCUT2D eigenvalue weighted by Gasteiger charge is 2.40. The average molecular weight is 487 g/mol. The number of methoxy groups -OCH3 is 1. The van der Waals surface area contributed by atoms with E-state index in [0.29, 0.717) is 18.7 Å². The molecule has 3 amide bonds. The maximum Gasteiger partial charge on any atom is 0.322 e. The standard InChI is InChI=1S/C23H27BrN4O3/c1-31-20-13-21(28(14-20)23(30)27-18-6-3-17(24)4-7-18)22(29)26-19-5-2-15-8-10-25-11-9-16(15)12-19/h2-7,12,20-21,25H,8-11,13-14H2,1H3,(H,26,29)(H,27,30)/t20-,21-/m1/s1. The summed E-state index contributed by atoms with van der Waals surface area (Å²) < 4.78 is 6.39. The van der Waals surface area contributed by atoms with Gasteiger partial charge in [0.25, 0.3) is 0 Å². The van der Waals surface area contributed by atoms with Gasteiger partial charge in [0.2, 0.25) is 5.91 Å². The van der Waals surface area contributed by atoms with Crippen molar-refractivity contribution in [1.29, 1.82) is 0 Å². The molecule has 0 aromatic heterocycles. The van der Waals surface area contributed by atoms with E-state index in [1.54, 1.807) is 12.0 Å². The number of anilines is 2. The van der Waals surface area contributed by atoms with E-state index in [4.69, 9.17) is 4.74 Å². The lowest BCUT2D eigenvalue weighted by Crippen LogP contribution is -2.45. The molecule has 0 radical (unpaired) electrons. The van der Waals surface area contributed by atoms with Crippen LogP contribution in [0, 0.1) is 0 Å². The van der Waals surface area contributed by atoms with Crippen LogP contribution in [0.2, 0.25) is 0 Å². The van der Waals surface area contributed by atoms with Crippen LogP contribution in [0.5, 0.6) is 0 Å². The predicted molar refractivity (Wildman–Crippen MR) is 124 cm³/mol. The van der Waals surface area contributed by atoms with Crippen molar-refractivity contribution in [3.63, 3.8) is 0 Å². The molecule has 8 heteroatoms. The lowest BCUT2D eigenvalue weighted by molar-refractivity contribution is -0.119. The smallest absolute Gasteiger partial charge is 0.322 e. The third kappa shape index (κ3) is 5.26. The normalized spacial score (nSPS) is 20.6. The molecule has 2 aliphatic rings. The Balaban J connectivity index is 1.46. The first-order chi connectivity index (χ1) is 15.0. The highest BCUT2D eigenvalue weighted by molar-refractivity contribution is 9.10. The summed E-state index contributed by atoms with van der Waals surface area (Å²) >= 11 is 3.39.